The van der Waals surface area contributed by atoms with Crippen LogP contribution in [0.3, 0.4) is 0 Å². The van der Waals surface area contributed by atoms with E-state index in [4.69, 9.17) is 0 Å². The maximum Gasteiger partial charge on any atom is 0.278 e. The molecule has 2 atom stereocenters. The van der Waals surface area contributed by atoms with Gasteiger partial charge in [0, 0.05) is 52.7 Å². The number of rotatable bonds is 6. The lowest BCUT2D eigenvalue weighted by molar-refractivity contribution is -0.386. The molecule has 0 saturated heterocycles. The maximum atomic E-state index is 11.1. The van der Waals surface area contributed by atoms with Gasteiger partial charge in [0.05, 0.1) is 10.6 Å². The molecule has 19 heavy (non-hydrogen) atoms. The fraction of sp³-hybridized carbons (Fsp3) is 0.583. The molecule has 1 aromatic rings. The lowest BCUT2D eigenvalue weighted by atomic mass is 10.1. The van der Waals surface area contributed by atoms with E-state index in [1.54, 1.807) is 20.1 Å². The van der Waals surface area contributed by atoms with Crippen LogP contribution in [0.5, 0.6) is 0 Å². The SMILES string of the molecule is Cc1cnc(CNC(C)CS(C)=O)c(C)c1[N+](=O)[O-]. The lowest BCUT2D eigenvalue weighted by Gasteiger charge is -2.13. The molecule has 0 fully saturated rings. The highest BCUT2D eigenvalue weighted by Gasteiger charge is 2.18. The molecule has 0 aliphatic heterocycles. The third kappa shape index (κ3) is 4.36. The van der Waals surface area contributed by atoms with Crippen molar-refractivity contribution in [2.24, 2.45) is 0 Å². The molecular formula is C12H19N3O3S. The van der Waals surface area contributed by atoms with Gasteiger partial charge in [-0.05, 0) is 20.8 Å². The molecule has 0 aliphatic rings. The lowest BCUT2D eigenvalue weighted by Crippen LogP contribution is -2.31. The van der Waals surface area contributed by atoms with Crippen LogP contribution in [0.15, 0.2) is 6.20 Å². The van der Waals surface area contributed by atoms with Gasteiger partial charge >= 0.3 is 0 Å². The van der Waals surface area contributed by atoms with Crippen molar-refractivity contribution in [1.82, 2.24) is 10.3 Å². The van der Waals surface area contributed by atoms with Crippen LogP contribution in [0.1, 0.15) is 23.7 Å². The van der Waals surface area contributed by atoms with Crippen LogP contribution < -0.4 is 5.32 Å². The Morgan fingerprint density at radius 1 is 1.53 bits per heavy atom. The average molecular weight is 285 g/mol. The van der Waals surface area contributed by atoms with E-state index in [2.05, 4.69) is 10.3 Å². The van der Waals surface area contributed by atoms with Gasteiger partial charge in [-0.2, -0.15) is 0 Å². The highest BCUT2D eigenvalue weighted by Crippen LogP contribution is 2.23. The zero-order valence-corrected chi connectivity index (χ0v) is 12.4. The summed E-state index contributed by atoms with van der Waals surface area (Å²) in [6.07, 6.45) is 3.17. The molecule has 0 aliphatic carbocycles. The Kier molecular flexibility index (Phi) is 5.56. The largest absolute Gasteiger partial charge is 0.308 e. The van der Waals surface area contributed by atoms with E-state index >= 15 is 0 Å². The van der Waals surface area contributed by atoms with Crippen LogP contribution >= 0.6 is 0 Å². The Labute approximate surface area is 115 Å². The number of nitrogens with zero attached hydrogens (tertiary/aromatic N) is 2. The zero-order valence-electron chi connectivity index (χ0n) is 11.6. The first-order valence-corrected chi connectivity index (χ1v) is 7.68. The fourth-order valence-electron chi connectivity index (χ4n) is 1.91. The molecule has 1 N–H and O–H groups in total. The van der Waals surface area contributed by atoms with Crippen LogP contribution in [0.2, 0.25) is 0 Å². The average Bonchev–Trinajstić information content (AvgIpc) is 2.26. The van der Waals surface area contributed by atoms with Crippen molar-refractivity contribution in [2.45, 2.75) is 33.4 Å². The molecule has 0 aromatic carbocycles. The van der Waals surface area contributed by atoms with Crippen LogP contribution in [0.4, 0.5) is 5.69 Å². The maximum absolute atomic E-state index is 11.1. The molecule has 0 saturated carbocycles. The van der Waals surface area contributed by atoms with Gasteiger partial charge in [-0.3, -0.25) is 19.3 Å². The number of hydrogen-bond donors (Lipinski definition) is 1. The van der Waals surface area contributed by atoms with Crippen LogP contribution in [0.25, 0.3) is 0 Å². The fourth-order valence-corrected chi connectivity index (χ4v) is 2.73. The summed E-state index contributed by atoms with van der Waals surface area (Å²) in [6, 6.07) is 0.0763. The Hall–Kier alpha value is -1.34. The number of aryl methyl sites for hydroxylation is 1. The molecule has 1 rings (SSSR count). The molecule has 106 valence electrons. The Balaban J connectivity index is 2.83. The standard InChI is InChI=1S/C12H19N3O3S/c1-8-5-14-11(10(3)12(8)15(16)17)6-13-9(2)7-19(4)18/h5,9,13H,6-7H2,1-4H3. The van der Waals surface area contributed by atoms with Crippen molar-refractivity contribution in [3.63, 3.8) is 0 Å². The molecule has 0 spiro atoms. The topological polar surface area (TPSA) is 85.1 Å². The van der Waals surface area contributed by atoms with Gasteiger partial charge in [-0.15, -0.1) is 0 Å². The van der Waals surface area contributed by atoms with Gasteiger partial charge in [-0.25, -0.2) is 0 Å². The number of nitrogens with one attached hydrogen (secondary N) is 1. The molecule has 2 unspecified atom stereocenters. The normalized spacial score (nSPS) is 14.1. The van der Waals surface area contributed by atoms with Crippen molar-refractivity contribution in [3.05, 3.63) is 33.1 Å². The molecule has 6 nitrogen and oxygen atoms in total. The third-order valence-electron chi connectivity index (χ3n) is 2.86. The van der Waals surface area contributed by atoms with Gasteiger partial charge in [0.25, 0.3) is 5.69 Å². The van der Waals surface area contributed by atoms with E-state index < -0.39 is 10.8 Å². The van der Waals surface area contributed by atoms with E-state index in [0.29, 0.717) is 29.1 Å². The van der Waals surface area contributed by atoms with Crippen molar-refractivity contribution in [1.29, 1.82) is 0 Å². The first-order chi connectivity index (χ1) is 8.82. The van der Waals surface area contributed by atoms with Gasteiger partial charge in [0.2, 0.25) is 0 Å². The smallest absolute Gasteiger partial charge is 0.278 e. The first kappa shape index (κ1) is 15.7. The van der Waals surface area contributed by atoms with Crippen molar-refractivity contribution >= 4 is 16.5 Å². The molecule has 0 radical (unpaired) electrons. The number of aromatic nitrogens is 1. The first-order valence-electron chi connectivity index (χ1n) is 5.95. The van der Waals surface area contributed by atoms with Gasteiger partial charge in [0.15, 0.2) is 0 Å². The third-order valence-corrected chi connectivity index (χ3v) is 3.83. The Morgan fingerprint density at radius 3 is 2.68 bits per heavy atom. The summed E-state index contributed by atoms with van der Waals surface area (Å²) in [5.41, 5.74) is 1.93. The monoisotopic (exact) mass is 285 g/mol. The highest BCUT2D eigenvalue weighted by atomic mass is 32.2. The van der Waals surface area contributed by atoms with Crippen LogP contribution in [-0.4, -0.2) is 32.2 Å². The minimum atomic E-state index is -0.865. The molecule has 1 heterocycles. The predicted octanol–water partition coefficient (Wildman–Crippen LogP) is 1.46. The Morgan fingerprint density at radius 2 is 2.16 bits per heavy atom. The van der Waals surface area contributed by atoms with E-state index in [1.807, 2.05) is 6.92 Å². The van der Waals surface area contributed by atoms with Gasteiger partial charge in [0.1, 0.15) is 0 Å². The van der Waals surface area contributed by atoms with Crippen molar-refractivity contribution in [2.75, 3.05) is 12.0 Å². The molecule has 1 aromatic heterocycles. The summed E-state index contributed by atoms with van der Waals surface area (Å²) in [4.78, 5) is 14.9. The second kappa shape index (κ2) is 6.72. The van der Waals surface area contributed by atoms with E-state index in [-0.39, 0.29) is 16.7 Å². The predicted molar refractivity (Wildman–Crippen MR) is 75.6 cm³/mol. The molecule has 7 heteroatoms. The minimum absolute atomic E-state index is 0.0763. The molecule has 0 amide bonds. The van der Waals surface area contributed by atoms with Crippen molar-refractivity contribution < 1.29 is 9.13 Å². The summed E-state index contributed by atoms with van der Waals surface area (Å²) >= 11 is 0. The number of nitro groups is 1. The second-order valence-corrected chi connectivity index (χ2v) is 6.12. The van der Waals surface area contributed by atoms with Crippen LogP contribution in [-0.2, 0) is 17.3 Å². The van der Waals surface area contributed by atoms with Crippen molar-refractivity contribution in [3.8, 4) is 0 Å². The second-order valence-electron chi connectivity index (χ2n) is 4.64. The van der Waals surface area contributed by atoms with Gasteiger partial charge < -0.3 is 5.32 Å². The number of pyridine rings is 1. The summed E-state index contributed by atoms with van der Waals surface area (Å²) in [7, 11) is -0.865. The van der Waals surface area contributed by atoms with E-state index in [0.717, 1.165) is 0 Å². The van der Waals surface area contributed by atoms with Crippen LogP contribution in [0, 0.1) is 24.0 Å². The quantitative estimate of drug-likeness (QED) is 0.632. The minimum Gasteiger partial charge on any atom is -0.308 e. The summed E-state index contributed by atoms with van der Waals surface area (Å²) in [5.74, 6) is 0.549. The number of hydrogen-bond acceptors (Lipinski definition) is 5. The summed E-state index contributed by atoms with van der Waals surface area (Å²) in [6.45, 7) is 5.75. The van der Waals surface area contributed by atoms with Gasteiger partial charge in [-0.1, -0.05) is 0 Å². The van der Waals surface area contributed by atoms with E-state index in [9.17, 15) is 14.3 Å². The van der Waals surface area contributed by atoms with E-state index in [1.165, 1.54) is 6.20 Å². The summed E-state index contributed by atoms with van der Waals surface area (Å²) in [5, 5.41) is 14.2. The molecule has 0 bridgehead atoms. The molecular weight excluding hydrogens is 266 g/mol. The Bertz CT molecular complexity index is 505. The summed E-state index contributed by atoms with van der Waals surface area (Å²) < 4.78 is 11.1. The zero-order chi connectivity index (χ0) is 14.6. The highest BCUT2D eigenvalue weighted by molar-refractivity contribution is 7.84.